The van der Waals surface area contributed by atoms with Crippen molar-refractivity contribution >= 4 is 31.9 Å². The molecule has 0 heterocycles. The van der Waals surface area contributed by atoms with Gasteiger partial charge >= 0.3 is 0 Å². The van der Waals surface area contributed by atoms with E-state index in [1.54, 1.807) is 27.7 Å². The number of halogens is 2. The third-order valence-electron chi connectivity index (χ3n) is 2.37. The summed E-state index contributed by atoms with van der Waals surface area (Å²) >= 11 is 6.84. The molecule has 0 atom stereocenters. The van der Waals surface area contributed by atoms with Gasteiger partial charge in [0.25, 0.3) is 0 Å². The quantitative estimate of drug-likeness (QED) is 0.853. The van der Waals surface area contributed by atoms with E-state index in [0.29, 0.717) is 0 Å². The zero-order chi connectivity index (χ0) is 12.7. The Morgan fingerprint density at radius 1 is 0.812 bits per heavy atom. The fraction of sp³-hybridized carbons (Fsp3) is 0.500. The average Bonchev–Trinajstić information content (AvgIpc) is 2.04. The highest BCUT2D eigenvalue weighted by Gasteiger charge is 2.25. The van der Waals surface area contributed by atoms with Crippen LogP contribution in [0.25, 0.3) is 0 Å². The van der Waals surface area contributed by atoms with Gasteiger partial charge in [-0.1, -0.05) is 31.9 Å². The fourth-order valence-corrected chi connectivity index (χ4v) is 3.14. The van der Waals surface area contributed by atoms with Gasteiger partial charge in [0.1, 0.15) is 0 Å². The predicted octanol–water partition coefficient (Wildman–Crippen LogP) is 3.67. The topological polar surface area (TPSA) is 40.5 Å². The van der Waals surface area contributed by atoms with Crippen molar-refractivity contribution in [3.05, 3.63) is 32.2 Å². The number of hydrogen-bond acceptors (Lipinski definition) is 2. The molecule has 0 spiro atoms. The summed E-state index contributed by atoms with van der Waals surface area (Å²) in [6.45, 7) is 6.90. The van der Waals surface area contributed by atoms with Crippen molar-refractivity contribution in [1.29, 1.82) is 0 Å². The Kier molecular flexibility index (Phi) is 3.90. The molecule has 0 bridgehead atoms. The highest BCUT2D eigenvalue weighted by atomic mass is 79.9. The highest BCUT2D eigenvalue weighted by Crippen LogP contribution is 2.36. The van der Waals surface area contributed by atoms with E-state index in [-0.39, 0.29) is 0 Å². The molecule has 0 aromatic heterocycles. The van der Waals surface area contributed by atoms with Gasteiger partial charge in [-0.3, -0.25) is 0 Å². The van der Waals surface area contributed by atoms with Gasteiger partial charge in [-0.25, -0.2) is 0 Å². The van der Waals surface area contributed by atoms with Crippen LogP contribution in [0.15, 0.2) is 21.1 Å². The van der Waals surface area contributed by atoms with Gasteiger partial charge in [0.2, 0.25) is 0 Å². The lowest BCUT2D eigenvalue weighted by molar-refractivity contribution is 0.0731. The Morgan fingerprint density at radius 3 is 1.25 bits per heavy atom. The lowest BCUT2D eigenvalue weighted by Gasteiger charge is -2.25. The summed E-state index contributed by atoms with van der Waals surface area (Å²) in [5.41, 5.74) is -0.265. The van der Waals surface area contributed by atoms with E-state index in [0.717, 1.165) is 20.1 Å². The summed E-state index contributed by atoms with van der Waals surface area (Å²) < 4.78 is 1.58. The highest BCUT2D eigenvalue weighted by molar-refractivity contribution is 9.11. The number of hydrogen-bond donors (Lipinski definition) is 2. The summed E-state index contributed by atoms with van der Waals surface area (Å²) in [6, 6.07) is 3.66. The molecule has 2 N–H and O–H groups in total. The molecule has 1 rings (SSSR count). The molecule has 0 saturated carbocycles. The van der Waals surface area contributed by atoms with Crippen molar-refractivity contribution in [2.75, 3.05) is 0 Å². The third-order valence-corrected chi connectivity index (χ3v) is 3.69. The van der Waals surface area contributed by atoms with Crippen LogP contribution in [0.4, 0.5) is 0 Å². The molecule has 0 aliphatic rings. The minimum absolute atomic E-state index is 0.785. The van der Waals surface area contributed by atoms with Crippen molar-refractivity contribution in [3.8, 4) is 0 Å². The van der Waals surface area contributed by atoms with E-state index in [4.69, 9.17) is 0 Å². The Labute approximate surface area is 113 Å². The first-order valence-electron chi connectivity index (χ1n) is 4.98. The van der Waals surface area contributed by atoms with Crippen LogP contribution in [-0.4, -0.2) is 10.2 Å². The maximum absolute atomic E-state index is 9.97. The maximum Gasteiger partial charge on any atom is 0.0851 e. The summed E-state index contributed by atoms with van der Waals surface area (Å²) in [5.74, 6) is 0. The molecule has 0 unspecified atom stereocenters. The minimum Gasteiger partial charge on any atom is -0.386 e. The smallest absolute Gasteiger partial charge is 0.0851 e. The van der Waals surface area contributed by atoms with Crippen LogP contribution in [0, 0.1) is 0 Å². The molecule has 0 saturated heterocycles. The summed E-state index contributed by atoms with van der Waals surface area (Å²) in [4.78, 5) is 0. The first-order valence-corrected chi connectivity index (χ1v) is 6.57. The second-order valence-electron chi connectivity index (χ2n) is 4.93. The van der Waals surface area contributed by atoms with Crippen LogP contribution in [0.1, 0.15) is 38.8 Å². The van der Waals surface area contributed by atoms with Crippen LogP contribution < -0.4 is 0 Å². The van der Waals surface area contributed by atoms with Crippen LogP contribution in [0.3, 0.4) is 0 Å². The van der Waals surface area contributed by atoms with Gasteiger partial charge in [0, 0.05) is 8.95 Å². The van der Waals surface area contributed by atoms with Crippen LogP contribution in [0.2, 0.25) is 0 Å². The largest absolute Gasteiger partial charge is 0.386 e. The van der Waals surface area contributed by atoms with E-state index in [9.17, 15) is 10.2 Å². The van der Waals surface area contributed by atoms with Crippen LogP contribution >= 0.6 is 31.9 Å². The SMILES string of the molecule is CC(C)(O)c1cc(Br)c(C(C)(C)O)cc1Br. The first-order chi connectivity index (χ1) is 7.03. The van der Waals surface area contributed by atoms with E-state index >= 15 is 0 Å². The molecule has 4 heteroatoms. The number of benzene rings is 1. The number of aliphatic hydroxyl groups is 2. The van der Waals surface area contributed by atoms with Crippen molar-refractivity contribution in [3.63, 3.8) is 0 Å². The lowest BCUT2D eigenvalue weighted by Crippen LogP contribution is -2.20. The van der Waals surface area contributed by atoms with Crippen LogP contribution in [0.5, 0.6) is 0 Å². The van der Waals surface area contributed by atoms with Crippen LogP contribution in [-0.2, 0) is 11.2 Å². The maximum atomic E-state index is 9.97. The van der Waals surface area contributed by atoms with Gasteiger partial charge in [-0.2, -0.15) is 0 Å². The number of rotatable bonds is 2. The molecule has 0 aliphatic heterocycles. The average molecular weight is 352 g/mol. The van der Waals surface area contributed by atoms with E-state index in [1.807, 2.05) is 12.1 Å². The molecule has 1 aromatic carbocycles. The third kappa shape index (κ3) is 3.06. The monoisotopic (exact) mass is 350 g/mol. The molecule has 1 aromatic rings. The molecule has 0 fully saturated rings. The zero-order valence-corrected chi connectivity index (χ0v) is 13.0. The van der Waals surface area contributed by atoms with Gasteiger partial charge < -0.3 is 10.2 Å². The second-order valence-corrected chi connectivity index (χ2v) is 6.64. The predicted molar refractivity (Wildman–Crippen MR) is 72.3 cm³/mol. The minimum atomic E-state index is -0.917. The van der Waals surface area contributed by atoms with E-state index < -0.39 is 11.2 Å². The molecule has 0 amide bonds. The Morgan fingerprint density at radius 2 is 1.06 bits per heavy atom. The first kappa shape index (κ1) is 14.2. The molecular formula is C12H16Br2O2. The van der Waals surface area contributed by atoms with E-state index in [1.165, 1.54) is 0 Å². The van der Waals surface area contributed by atoms with Crippen molar-refractivity contribution in [2.45, 2.75) is 38.9 Å². The molecular weight excluding hydrogens is 336 g/mol. The molecule has 0 radical (unpaired) electrons. The van der Waals surface area contributed by atoms with Gasteiger partial charge in [-0.05, 0) is 51.0 Å². The Bertz CT molecular complexity index is 361. The lowest BCUT2D eigenvalue weighted by atomic mass is 9.92. The van der Waals surface area contributed by atoms with Gasteiger partial charge in [0.05, 0.1) is 11.2 Å². The summed E-state index contributed by atoms with van der Waals surface area (Å²) in [6.07, 6.45) is 0. The molecule has 2 nitrogen and oxygen atoms in total. The van der Waals surface area contributed by atoms with Gasteiger partial charge in [0.15, 0.2) is 0 Å². The fourth-order valence-electron chi connectivity index (χ4n) is 1.48. The van der Waals surface area contributed by atoms with E-state index in [2.05, 4.69) is 31.9 Å². The normalized spacial score (nSPS) is 13.0. The standard InChI is InChI=1S/C12H16Br2O2/c1-11(2,15)7-5-10(14)8(6-9(7)13)12(3,4)16/h5-6,15-16H,1-4H3. The van der Waals surface area contributed by atoms with Crippen molar-refractivity contribution in [1.82, 2.24) is 0 Å². The van der Waals surface area contributed by atoms with Crippen molar-refractivity contribution in [2.24, 2.45) is 0 Å². The molecule has 90 valence electrons. The molecule has 16 heavy (non-hydrogen) atoms. The Hall–Kier alpha value is 0.1000. The van der Waals surface area contributed by atoms with Crippen molar-refractivity contribution < 1.29 is 10.2 Å². The zero-order valence-electron chi connectivity index (χ0n) is 9.81. The summed E-state index contributed by atoms with van der Waals surface area (Å²) in [5, 5.41) is 19.9. The van der Waals surface area contributed by atoms with Gasteiger partial charge in [-0.15, -0.1) is 0 Å². The second kappa shape index (κ2) is 4.41. The molecule has 0 aliphatic carbocycles. The summed E-state index contributed by atoms with van der Waals surface area (Å²) in [7, 11) is 0. The Balaban J connectivity index is 3.40.